The van der Waals surface area contributed by atoms with Gasteiger partial charge in [0.2, 0.25) is 0 Å². The van der Waals surface area contributed by atoms with Crippen LogP contribution in [0.5, 0.6) is 0 Å². The molecule has 0 aromatic carbocycles. The Hall–Kier alpha value is -1.69. The summed E-state index contributed by atoms with van der Waals surface area (Å²) in [4.78, 5) is 30.7. The number of ether oxygens (including phenoxy) is 1. The maximum absolute atomic E-state index is 12.7. The van der Waals surface area contributed by atoms with Crippen LogP contribution in [0.15, 0.2) is 11.1 Å². The summed E-state index contributed by atoms with van der Waals surface area (Å²) in [5.74, 6) is 0.0499. The van der Waals surface area contributed by atoms with Crippen LogP contribution in [-0.4, -0.2) is 21.6 Å². The van der Waals surface area contributed by atoms with Crippen molar-refractivity contribution in [1.82, 2.24) is 9.55 Å². The highest BCUT2D eigenvalue weighted by molar-refractivity contribution is 7.20. The van der Waals surface area contributed by atoms with Gasteiger partial charge in [-0.05, 0) is 44.1 Å². The normalized spacial score (nSPS) is 16.0. The van der Waals surface area contributed by atoms with E-state index in [1.54, 1.807) is 10.9 Å². The number of hydrogen-bond donors (Lipinski definition) is 0. The molecule has 0 spiro atoms. The van der Waals surface area contributed by atoms with Crippen molar-refractivity contribution in [2.75, 3.05) is 0 Å². The Labute approximate surface area is 145 Å². The highest BCUT2D eigenvalue weighted by atomic mass is 32.1. The number of aryl methyl sites for hydroxylation is 1. The first-order valence-electron chi connectivity index (χ1n) is 8.67. The Bertz CT molecular complexity index is 800. The van der Waals surface area contributed by atoms with Crippen LogP contribution in [0.2, 0.25) is 0 Å². The molecule has 0 N–H and O–H groups in total. The standard InChI is InChI=1S/C18H24N2O3S/c1-11(2)9-20-10-19-16-14(17(20)21)12(3)15(24-16)18(22)23-13-7-5-4-6-8-13/h10-11,13H,4-9H2,1-3H3. The van der Waals surface area contributed by atoms with E-state index in [4.69, 9.17) is 4.74 Å². The average molecular weight is 348 g/mol. The minimum absolute atomic E-state index is 0.0152. The summed E-state index contributed by atoms with van der Waals surface area (Å²) in [6, 6.07) is 0. The minimum Gasteiger partial charge on any atom is -0.458 e. The van der Waals surface area contributed by atoms with Crippen molar-refractivity contribution < 1.29 is 9.53 Å². The molecule has 0 radical (unpaired) electrons. The van der Waals surface area contributed by atoms with Crippen LogP contribution >= 0.6 is 11.3 Å². The molecule has 0 atom stereocenters. The van der Waals surface area contributed by atoms with Gasteiger partial charge >= 0.3 is 5.97 Å². The number of esters is 1. The predicted molar refractivity (Wildman–Crippen MR) is 95.7 cm³/mol. The fourth-order valence-corrected chi connectivity index (χ4v) is 4.29. The molecule has 5 nitrogen and oxygen atoms in total. The highest BCUT2D eigenvalue weighted by Gasteiger charge is 2.24. The van der Waals surface area contributed by atoms with Gasteiger partial charge in [-0.1, -0.05) is 20.3 Å². The molecule has 1 saturated carbocycles. The van der Waals surface area contributed by atoms with E-state index in [-0.39, 0.29) is 17.6 Å². The molecule has 6 heteroatoms. The second-order valence-corrected chi connectivity index (χ2v) is 8.00. The Kier molecular flexibility index (Phi) is 5.04. The van der Waals surface area contributed by atoms with E-state index >= 15 is 0 Å². The zero-order valence-corrected chi connectivity index (χ0v) is 15.3. The van der Waals surface area contributed by atoms with Gasteiger partial charge in [-0.3, -0.25) is 9.36 Å². The van der Waals surface area contributed by atoms with Crippen molar-refractivity contribution in [2.45, 2.75) is 65.5 Å². The third-order valence-electron chi connectivity index (χ3n) is 4.49. The van der Waals surface area contributed by atoms with Crippen molar-refractivity contribution >= 4 is 27.5 Å². The molecule has 3 rings (SSSR count). The monoisotopic (exact) mass is 348 g/mol. The number of rotatable bonds is 4. The minimum atomic E-state index is -0.308. The van der Waals surface area contributed by atoms with Crippen LogP contribution in [-0.2, 0) is 11.3 Å². The van der Waals surface area contributed by atoms with Gasteiger partial charge in [0.15, 0.2) is 0 Å². The van der Waals surface area contributed by atoms with Gasteiger partial charge in [0.1, 0.15) is 15.8 Å². The fourth-order valence-electron chi connectivity index (χ4n) is 3.27. The maximum Gasteiger partial charge on any atom is 0.348 e. The number of aromatic nitrogens is 2. The van der Waals surface area contributed by atoms with Gasteiger partial charge in [0.05, 0.1) is 11.7 Å². The Balaban J connectivity index is 1.91. The van der Waals surface area contributed by atoms with Crippen molar-refractivity contribution in [2.24, 2.45) is 5.92 Å². The summed E-state index contributed by atoms with van der Waals surface area (Å²) < 4.78 is 7.29. The van der Waals surface area contributed by atoms with Crippen LogP contribution < -0.4 is 5.56 Å². The van der Waals surface area contributed by atoms with E-state index in [0.717, 1.165) is 25.7 Å². The van der Waals surface area contributed by atoms with E-state index in [1.807, 2.05) is 6.92 Å². The SMILES string of the molecule is Cc1c(C(=O)OC2CCCCC2)sc2ncn(CC(C)C)c(=O)c12. The molecule has 2 heterocycles. The molecule has 0 aliphatic heterocycles. The molecule has 130 valence electrons. The molecular weight excluding hydrogens is 324 g/mol. The number of thiophene rings is 1. The smallest absolute Gasteiger partial charge is 0.348 e. The zero-order chi connectivity index (χ0) is 17.3. The predicted octanol–water partition coefficient (Wildman–Crippen LogP) is 3.91. The van der Waals surface area contributed by atoms with Gasteiger partial charge in [-0.15, -0.1) is 11.3 Å². The summed E-state index contributed by atoms with van der Waals surface area (Å²) in [7, 11) is 0. The molecule has 2 aromatic heterocycles. The van der Waals surface area contributed by atoms with Crippen LogP contribution in [0.3, 0.4) is 0 Å². The number of nitrogens with zero attached hydrogens (tertiary/aromatic N) is 2. The molecule has 1 fully saturated rings. The second kappa shape index (κ2) is 7.05. The Morgan fingerprint density at radius 2 is 2.08 bits per heavy atom. The largest absolute Gasteiger partial charge is 0.458 e. The number of carbonyl (C=O) groups is 1. The quantitative estimate of drug-likeness (QED) is 0.786. The molecule has 0 unspecified atom stereocenters. The first-order valence-corrected chi connectivity index (χ1v) is 9.48. The molecule has 24 heavy (non-hydrogen) atoms. The summed E-state index contributed by atoms with van der Waals surface area (Å²) in [5.41, 5.74) is 0.630. The summed E-state index contributed by atoms with van der Waals surface area (Å²) in [5, 5.41) is 0.554. The van der Waals surface area contributed by atoms with E-state index in [0.29, 0.717) is 33.1 Å². The van der Waals surface area contributed by atoms with Crippen molar-refractivity contribution in [3.8, 4) is 0 Å². The molecule has 2 aromatic rings. The van der Waals surface area contributed by atoms with E-state index in [1.165, 1.54) is 17.8 Å². The first kappa shape index (κ1) is 17.1. The van der Waals surface area contributed by atoms with Gasteiger partial charge in [-0.2, -0.15) is 0 Å². The number of carbonyl (C=O) groups excluding carboxylic acids is 1. The Morgan fingerprint density at radius 1 is 1.38 bits per heavy atom. The highest BCUT2D eigenvalue weighted by Crippen LogP contribution is 2.29. The first-order chi connectivity index (χ1) is 11.5. The lowest BCUT2D eigenvalue weighted by atomic mass is 9.98. The molecule has 0 amide bonds. The molecule has 0 saturated heterocycles. The molecule has 1 aliphatic rings. The van der Waals surface area contributed by atoms with Crippen molar-refractivity contribution in [3.05, 3.63) is 27.1 Å². The van der Waals surface area contributed by atoms with E-state index < -0.39 is 0 Å². The number of fused-ring (bicyclic) bond motifs is 1. The number of hydrogen-bond acceptors (Lipinski definition) is 5. The third-order valence-corrected chi connectivity index (χ3v) is 5.67. The van der Waals surface area contributed by atoms with Gasteiger partial charge in [-0.25, -0.2) is 9.78 Å². The van der Waals surface area contributed by atoms with Gasteiger partial charge in [0.25, 0.3) is 5.56 Å². The van der Waals surface area contributed by atoms with Gasteiger partial charge < -0.3 is 4.74 Å². The van der Waals surface area contributed by atoms with Crippen LogP contribution in [0.1, 0.15) is 61.2 Å². The lowest BCUT2D eigenvalue weighted by Crippen LogP contribution is -2.23. The zero-order valence-electron chi connectivity index (χ0n) is 14.5. The van der Waals surface area contributed by atoms with Crippen LogP contribution in [0.4, 0.5) is 0 Å². The lowest BCUT2D eigenvalue weighted by Gasteiger charge is -2.21. The van der Waals surface area contributed by atoms with Gasteiger partial charge in [0, 0.05) is 6.54 Å². The van der Waals surface area contributed by atoms with Crippen molar-refractivity contribution in [1.29, 1.82) is 0 Å². The Morgan fingerprint density at radius 3 is 2.75 bits per heavy atom. The second-order valence-electron chi connectivity index (χ2n) is 7.00. The van der Waals surface area contributed by atoms with Crippen LogP contribution in [0, 0.1) is 12.8 Å². The fraction of sp³-hybridized carbons (Fsp3) is 0.611. The third kappa shape index (κ3) is 3.38. The lowest BCUT2D eigenvalue weighted by molar-refractivity contribution is 0.0216. The topological polar surface area (TPSA) is 61.2 Å². The summed E-state index contributed by atoms with van der Waals surface area (Å²) >= 11 is 1.26. The molecule has 1 aliphatic carbocycles. The summed E-state index contributed by atoms with van der Waals surface area (Å²) in [6.07, 6.45) is 6.92. The summed E-state index contributed by atoms with van der Waals surface area (Å²) in [6.45, 7) is 6.56. The molecular formula is C18H24N2O3S. The van der Waals surface area contributed by atoms with E-state index in [2.05, 4.69) is 18.8 Å². The van der Waals surface area contributed by atoms with Crippen molar-refractivity contribution in [3.63, 3.8) is 0 Å². The maximum atomic E-state index is 12.7. The van der Waals surface area contributed by atoms with E-state index in [9.17, 15) is 9.59 Å². The molecule has 0 bridgehead atoms. The average Bonchev–Trinajstić information content (AvgIpc) is 2.88. The van der Waals surface area contributed by atoms with Crippen LogP contribution in [0.25, 0.3) is 10.2 Å².